The van der Waals surface area contributed by atoms with E-state index in [4.69, 9.17) is 16.3 Å². The largest absolute Gasteiger partial charge is 0.466 e. The summed E-state index contributed by atoms with van der Waals surface area (Å²) in [6.07, 6.45) is 1.03. The number of Topliss-reactive ketones (excluding diaryl/α,β-unsaturated/α-hetero) is 1. The van der Waals surface area contributed by atoms with E-state index in [0.717, 1.165) is 11.6 Å². The Morgan fingerprint density at radius 2 is 1.60 bits per heavy atom. The Morgan fingerprint density at radius 3 is 2.20 bits per heavy atom. The van der Waals surface area contributed by atoms with Crippen LogP contribution in [-0.2, 0) is 24.3 Å². The molecule has 3 aromatic carbocycles. The van der Waals surface area contributed by atoms with Gasteiger partial charge in [0, 0.05) is 10.7 Å². The molecule has 0 saturated carbocycles. The maximum atomic E-state index is 13.6. The van der Waals surface area contributed by atoms with Crippen LogP contribution in [0.5, 0.6) is 0 Å². The van der Waals surface area contributed by atoms with E-state index in [1.54, 1.807) is 66.7 Å². The third-order valence-corrected chi connectivity index (χ3v) is 6.93. The van der Waals surface area contributed by atoms with E-state index in [-0.39, 0.29) is 22.0 Å². The van der Waals surface area contributed by atoms with Crippen LogP contribution < -0.4 is 9.62 Å². The number of hydrogen-bond donors (Lipinski definition) is 1. The Labute approximate surface area is 208 Å². The first-order valence-corrected chi connectivity index (χ1v) is 12.4. The van der Waals surface area contributed by atoms with Crippen LogP contribution in [0.1, 0.15) is 11.1 Å². The van der Waals surface area contributed by atoms with Gasteiger partial charge in [0.05, 0.1) is 23.7 Å². The van der Waals surface area contributed by atoms with Crippen LogP contribution in [0.2, 0.25) is 5.02 Å². The van der Waals surface area contributed by atoms with Gasteiger partial charge >= 0.3 is 5.97 Å². The molecule has 4 rings (SSSR count). The number of anilines is 1. The Kier molecular flexibility index (Phi) is 6.77. The second-order valence-electron chi connectivity index (χ2n) is 7.70. The van der Waals surface area contributed by atoms with Gasteiger partial charge in [-0.05, 0) is 48.9 Å². The van der Waals surface area contributed by atoms with Gasteiger partial charge in [-0.2, -0.15) is 0 Å². The number of nitrogens with one attached hydrogen (secondary N) is 1. The van der Waals surface area contributed by atoms with E-state index in [1.807, 2.05) is 6.92 Å². The summed E-state index contributed by atoms with van der Waals surface area (Å²) in [6, 6.07) is 21.4. The summed E-state index contributed by atoms with van der Waals surface area (Å²) in [5.41, 5.74) is 1.82. The van der Waals surface area contributed by atoms with E-state index in [9.17, 15) is 18.0 Å². The van der Waals surface area contributed by atoms with Crippen LogP contribution in [-0.4, -0.2) is 27.3 Å². The summed E-state index contributed by atoms with van der Waals surface area (Å²) in [4.78, 5) is 27.2. The molecule has 178 valence electrons. The maximum absolute atomic E-state index is 13.6. The van der Waals surface area contributed by atoms with Gasteiger partial charge in [0.2, 0.25) is 5.78 Å². The number of rotatable bonds is 6. The molecule has 0 unspecified atom stereocenters. The SMILES string of the molecule is COC(=O)/C=C1\C(=O)C(c2ccccc2)=C(NS(=O)(=O)c2ccc(C)cc2)N1c1ccc(Cl)cc1. The molecule has 35 heavy (non-hydrogen) atoms. The number of nitrogens with zero attached hydrogens (tertiary/aromatic N) is 1. The van der Waals surface area contributed by atoms with Gasteiger partial charge in [0.25, 0.3) is 10.0 Å². The highest BCUT2D eigenvalue weighted by atomic mass is 35.5. The lowest BCUT2D eigenvalue weighted by Gasteiger charge is -2.24. The summed E-state index contributed by atoms with van der Waals surface area (Å²) in [5, 5.41) is 0.451. The van der Waals surface area contributed by atoms with Crippen LogP contribution in [0.25, 0.3) is 5.57 Å². The molecule has 7 nitrogen and oxygen atoms in total. The minimum Gasteiger partial charge on any atom is -0.466 e. The number of ketones is 1. The maximum Gasteiger partial charge on any atom is 0.332 e. The zero-order chi connectivity index (χ0) is 25.2. The van der Waals surface area contributed by atoms with E-state index >= 15 is 0 Å². The fourth-order valence-corrected chi connectivity index (χ4v) is 4.79. The monoisotopic (exact) mass is 508 g/mol. The molecule has 0 saturated heterocycles. The van der Waals surface area contributed by atoms with Crippen LogP contribution in [0.4, 0.5) is 5.69 Å². The molecular formula is C26H21ClN2O5S. The van der Waals surface area contributed by atoms with Crippen LogP contribution in [0, 0.1) is 6.92 Å². The van der Waals surface area contributed by atoms with Crippen molar-refractivity contribution in [2.45, 2.75) is 11.8 Å². The number of methoxy groups -OCH3 is 1. The first-order valence-electron chi connectivity index (χ1n) is 10.5. The molecule has 0 bridgehead atoms. The standard InChI is InChI=1S/C26H21ClN2O5S/c1-17-8-14-21(15-9-17)35(32,33)28-26-24(18-6-4-3-5-7-18)25(31)22(16-23(30)34-2)29(26)20-12-10-19(27)11-13-20/h3-16,28H,1-2H3/b22-16+. The third-order valence-electron chi connectivity index (χ3n) is 5.33. The summed E-state index contributed by atoms with van der Waals surface area (Å²) >= 11 is 6.05. The summed E-state index contributed by atoms with van der Waals surface area (Å²) in [6.45, 7) is 1.85. The number of hydrogen-bond acceptors (Lipinski definition) is 6. The van der Waals surface area contributed by atoms with E-state index in [2.05, 4.69) is 4.72 Å². The molecule has 1 heterocycles. The Bertz CT molecular complexity index is 1450. The van der Waals surface area contributed by atoms with Gasteiger partial charge in [-0.15, -0.1) is 0 Å². The molecule has 1 aliphatic heterocycles. The quantitative estimate of drug-likeness (QED) is 0.391. The van der Waals surface area contributed by atoms with Crippen molar-refractivity contribution in [3.63, 3.8) is 0 Å². The van der Waals surface area contributed by atoms with E-state index < -0.39 is 21.8 Å². The molecule has 0 fully saturated rings. The van der Waals surface area contributed by atoms with E-state index in [0.29, 0.717) is 16.3 Å². The number of ether oxygens (including phenoxy) is 1. The molecule has 3 aromatic rings. The minimum atomic E-state index is -4.10. The lowest BCUT2D eigenvalue weighted by molar-refractivity contribution is -0.135. The van der Waals surface area contributed by atoms with Crippen molar-refractivity contribution in [2.24, 2.45) is 0 Å². The smallest absolute Gasteiger partial charge is 0.332 e. The molecule has 0 amide bonds. The Morgan fingerprint density at radius 1 is 0.971 bits per heavy atom. The number of carbonyl (C=O) groups excluding carboxylic acids is 2. The van der Waals surface area contributed by atoms with Crippen LogP contribution in [0.3, 0.4) is 0 Å². The van der Waals surface area contributed by atoms with E-state index in [1.165, 1.54) is 24.1 Å². The van der Waals surface area contributed by atoms with Crippen molar-refractivity contribution in [1.29, 1.82) is 0 Å². The first-order chi connectivity index (χ1) is 16.7. The molecular weight excluding hydrogens is 488 g/mol. The first kappa shape index (κ1) is 24.3. The van der Waals surface area contributed by atoms with Crippen molar-refractivity contribution in [2.75, 3.05) is 12.0 Å². The Hall–Kier alpha value is -3.88. The second kappa shape index (κ2) is 9.77. The topological polar surface area (TPSA) is 92.8 Å². The minimum absolute atomic E-state index is 0.0146. The van der Waals surface area contributed by atoms with Crippen molar-refractivity contribution in [3.8, 4) is 0 Å². The third kappa shape index (κ3) is 4.99. The summed E-state index contributed by atoms with van der Waals surface area (Å²) < 4.78 is 34.1. The van der Waals surface area contributed by atoms with Crippen LogP contribution >= 0.6 is 11.6 Å². The van der Waals surface area contributed by atoms with Gasteiger partial charge in [-0.25, -0.2) is 13.2 Å². The fourth-order valence-electron chi connectivity index (χ4n) is 3.60. The number of esters is 1. The molecule has 1 N–H and O–H groups in total. The average molecular weight is 509 g/mol. The molecule has 0 aliphatic carbocycles. The highest BCUT2D eigenvalue weighted by Gasteiger charge is 2.39. The number of halogens is 1. The van der Waals surface area contributed by atoms with Gasteiger partial charge < -0.3 is 4.74 Å². The number of allylic oxidation sites excluding steroid dienone is 1. The fraction of sp³-hybridized carbons (Fsp3) is 0.0769. The predicted molar refractivity (Wildman–Crippen MR) is 134 cm³/mol. The molecule has 1 aliphatic rings. The van der Waals surface area contributed by atoms with Crippen molar-refractivity contribution < 1.29 is 22.7 Å². The lowest BCUT2D eigenvalue weighted by atomic mass is 10.0. The van der Waals surface area contributed by atoms with Crippen molar-refractivity contribution in [1.82, 2.24) is 4.72 Å². The zero-order valence-corrected chi connectivity index (χ0v) is 20.4. The normalized spacial score (nSPS) is 15.0. The van der Waals surface area contributed by atoms with Gasteiger partial charge in [-0.1, -0.05) is 59.6 Å². The molecule has 0 radical (unpaired) electrons. The van der Waals surface area contributed by atoms with Crippen LogP contribution in [0.15, 0.2) is 101 Å². The second-order valence-corrected chi connectivity index (χ2v) is 9.82. The predicted octanol–water partition coefficient (Wildman–Crippen LogP) is 4.44. The van der Waals surface area contributed by atoms with Crippen molar-refractivity contribution >= 4 is 44.6 Å². The number of sulfonamides is 1. The van der Waals surface area contributed by atoms with Gasteiger partial charge in [-0.3, -0.25) is 14.4 Å². The van der Waals surface area contributed by atoms with Crippen molar-refractivity contribution in [3.05, 3.63) is 113 Å². The summed E-state index contributed by atoms with van der Waals surface area (Å²) in [7, 11) is -2.91. The van der Waals surface area contributed by atoms with Gasteiger partial charge in [0.1, 0.15) is 11.5 Å². The molecule has 0 spiro atoms. The molecule has 0 atom stereocenters. The van der Waals surface area contributed by atoms with Gasteiger partial charge in [0.15, 0.2) is 0 Å². The molecule has 9 heteroatoms. The zero-order valence-electron chi connectivity index (χ0n) is 18.9. The highest BCUT2D eigenvalue weighted by molar-refractivity contribution is 7.89. The highest BCUT2D eigenvalue weighted by Crippen LogP contribution is 2.38. The molecule has 0 aromatic heterocycles. The summed E-state index contributed by atoms with van der Waals surface area (Å²) in [5.74, 6) is -1.32. The Balaban J connectivity index is 1.96. The number of aryl methyl sites for hydroxylation is 1. The lowest BCUT2D eigenvalue weighted by Crippen LogP contribution is -2.33. The number of carbonyl (C=O) groups is 2. The average Bonchev–Trinajstić information content (AvgIpc) is 3.10. The number of benzene rings is 3.